The van der Waals surface area contributed by atoms with Gasteiger partial charge in [-0.2, -0.15) is 12.1 Å². The van der Waals surface area contributed by atoms with Crippen molar-refractivity contribution in [3.05, 3.63) is 134 Å². The number of benzene rings is 4. The molecule has 0 fully saturated rings. The number of fused-ring (bicyclic) bond motifs is 2. The van der Waals surface area contributed by atoms with Crippen molar-refractivity contribution in [1.29, 1.82) is 0 Å². The zero-order valence-corrected chi connectivity index (χ0v) is 36.9. The van der Waals surface area contributed by atoms with Crippen LogP contribution in [0, 0.1) is 42.5 Å². The summed E-state index contributed by atoms with van der Waals surface area (Å²) in [6.45, 7) is 13.8. The molecule has 0 atom stereocenters. The number of aryl methyl sites for hydroxylation is 4. The molecule has 6 rings (SSSR count). The summed E-state index contributed by atoms with van der Waals surface area (Å²) < 4.78 is 0. The van der Waals surface area contributed by atoms with Crippen LogP contribution in [0.1, 0.15) is 87.5 Å². The fourth-order valence-corrected chi connectivity index (χ4v) is 13.7. The van der Waals surface area contributed by atoms with Crippen LogP contribution in [0.25, 0.3) is 43.8 Å². The first kappa shape index (κ1) is 41.6. The summed E-state index contributed by atoms with van der Waals surface area (Å²) in [4.78, 5) is 0. The maximum Gasteiger partial charge on any atom is 4.00 e. The molecule has 0 unspecified atom stereocenters. The first-order chi connectivity index (χ1) is 22.9. The van der Waals surface area contributed by atoms with Crippen molar-refractivity contribution in [3.63, 3.8) is 0 Å². The van der Waals surface area contributed by atoms with Gasteiger partial charge in [0.05, 0.1) is 8.07 Å². The standard InChI is InChI=1S/C46H54Si.2CH3.Hf/c1-7-9-11-13-27-47(28-14-12-10-8-2,39-29-37-23-17-25-41(43(37)31-39)45-33(3)19-15-20-34(45)4)40-30-38-24-18-26-42(44(38)32-40)46-35(5)21-16-22-36(46)6;;;/h15-26,29-32H,7-14,27-28H2,1-6H3;2*1H3;/q-2;2*-1;+4. The number of hydrogen-bond acceptors (Lipinski definition) is 0. The van der Waals surface area contributed by atoms with Gasteiger partial charge in [-0.15, -0.1) is 68.3 Å². The van der Waals surface area contributed by atoms with Crippen LogP contribution in [0.3, 0.4) is 0 Å². The Morgan fingerprint density at radius 1 is 0.480 bits per heavy atom. The summed E-state index contributed by atoms with van der Waals surface area (Å²) in [5.41, 5.74) is 11.1. The fourth-order valence-electron chi connectivity index (χ4n) is 8.51. The first-order valence-electron chi connectivity index (χ1n) is 18.4. The molecule has 0 nitrogen and oxygen atoms in total. The van der Waals surface area contributed by atoms with Gasteiger partial charge >= 0.3 is 25.8 Å². The molecule has 260 valence electrons. The van der Waals surface area contributed by atoms with E-state index in [2.05, 4.69) is 139 Å². The molecule has 6 aromatic rings. The fraction of sp³-hybridized carbons (Fsp3) is 0.333. The Bertz CT molecular complexity index is 1780. The molecule has 50 heavy (non-hydrogen) atoms. The molecule has 0 bridgehead atoms. The minimum atomic E-state index is -2.12. The van der Waals surface area contributed by atoms with Gasteiger partial charge < -0.3 is 14.9 Å². The van der Waals surface area contributed by atoms with Gasteiger partial charge in [0.2, 0.25) is 0 Å². The van der Waals surface area contributed by atoms with Gasteiger partial charge in [-0.1, -0.05) is 137 Å². The molecule has 6 aromatic carbocycles. The van der Waals surface area contributed by atoms with Crippen molar-refractivity contribution >= 4 is 40.0 Å². The van der Waals surface area contributed by atoms with Crippen molar-refractivity contribution < 1.29 is 25.8 Å². The molecular weight excluding hydrogens is 783 g/mol. The maximum atomic E-state index is 2.66. The topological polar surface area (TPSA) is 0 Å². The van der Waals surface area contributed by atoms with E-state index in [0.29, 0.717) is 0 Å². The average molecular weight is 844 g/mol. The van der Waals surface area contributed by atoms with Crippen LogP contribution in [0.2, 0.25) is 12.1 Å². The van der Waals surface area contributed by atoms with E-state index in [1.807, 2.05) is 0 Å². The third-order valence-electron chi connectivity index (χ3n) is 11.0. The second-order valence-corrected chi connectivity index (χ2v) is 18.7. The van der Waals surface area contributed by atoms with E-state index in [0.717, 1.165) is 0 Å². The predicted octanol–water partition coefficient (Wildman–Crippen LogP) is 13.6. The van der Waals surface area contributed by atoms with Crippen LogP contribution in [0.5, 0.6) is 0 Å². The number of hydrogen-bond donors (Lipinski definition) is 0. The van der Waals surface area contributed by atoms with Crippen LogP contribution in [0.15, 0.2) is 97.1 Å². The molecule has 0 heterocycles. The van der Waals surface area contributed by atoms with Crippen LogP contribution in [-0.2, 0) is 25.8 Å². The Morgan fingerprint density at radius 2 is 0.840 bits per heavy atom. The third-order valence-corrected chi connectivity index (χ3v) is 16.2. The van der Waals surface area contributed by atoms with Crippen LogP contribution in [0.4, 0.5) is 0 Å². The van der Waals surface area contributed by atoms with Crippen LogP contribution >= 0.6 is 0 Å². The summed E-state index contributed by atoms with van der Waals surface area (Å²) in [5.74, 6) is 0. The minimum absolute atomic E-state index is 0. The number of unbranched alkanes of at least 4 members (excludes halogenated alkanes) is 6. The molecule has 0 aliphatic rings. The normalized spacial score (nSPS) is 11.3. The molecular formula is C48H60HfSi. The summed E-state index contributed by atoms with van der Waals surface area (Å²) >= 11 is 0. The minimum Gasteiger partial charge on any atom is -0.358 e. The summed E-state index contributed by atoms with van der Waals surface area (Å²) in [6, 6.07) is 40.8. The van der Waals surface area contributed by atoms with Crippen molar-refractivity contribution in [1.82, 2.24) is 0 Å². The second-order valence-electron chi connectivity index (χ2n) is 14.3. The van der Waals surface area contributed by atoms with Crippen LogP contribution in [-0.4, -0.2) is 8.07 Å². The quantitative estimate of drug-likeness (QED) is 0.0582. The number of rotatable bonds is 14. The molecule has 0 aliphatic heterocycles. The van der Waals surface area contributed by atoms with Gasteiger partial charge in [0.15, 0.2) is 0 Å². The molecule has 0 N–H and O–H groups in total. The van der Waals surface area contributed by atoms with E-state index in [1.165, 1.54) is 130 Å². The zero-order valence-electron chi connectivity index (χ0n) is 32.3. The molecule has 0 aromatic heterocycles. The first-order valence-corrected chi connectivity index (χ1v) is 20.8. The Morgan fingerprint density at radius 3 is 1.20 bits per heavy atom. The van der Waals surface area contributed by atoms with Gasteiger partial charge in [0.25, 0.3) is 0 Å². The summed E-state index contributed by atoms with van der Waals surface area (Å²) in [6.07, 6.45) is 10.5. The Balaban J connectivity index is 0.00000225. The largest absolute Gasteiger partial charge is 4.00 e. The zero-order chi connectivity index (χ0) is 33.0. The summed E-state index contributed by atoms with van der Waals surface area (Å²) in [5, 5.41) is 9.00. The molecule has 0 saturated heterocycles. The molecule has 0 amide bonds. The Kier molecular flexibility index (Phi) is 15.5. The molecule has 0 spiro atoms. The van der Waals surface area contributed by atoms with E-state index < -0.39 is 8.07 Å². The average Bonchev–Trinajstić information content (AvgIpc) is 3.70. The molecule has 0 saturated carbocycles. The monoisotopic (exact) mass is 844 g/mol. The second kappa shape index (κ2) is 18.6. The van der Waals surface area contributed by atoms with E-state index in [1.54, 1.807) is 10.4 Å². The van der Waals surface area contributed by atoms with E-state index in [-0.39, 0.29) is 40.7 Å². The maximum absolute atomic E-state index is 2.66. The molecule has 0 radical (unpaired) electrons. The Hall–Kier alpha value is -2.81. The SMILES string of the molecule is CCCCCC[Si](CCCCCC)(c1cc2c(-c3c(C)cccc3C)cccc2[cH-]1)c1cc2c(-c3c(C)cccc3C)cccc2[cH-]1.[CH3-].[CH3-].[Hf+4]. The molecule has 0 aliphatic carbocycles. The van der Waals surface area contributed by atoms with Crippen LogP contribution < -0.4 is 10.4 Å². The molecule has 2 heteroatoms. The van der Waals surface area contributed by atoms with E-state index in [4.69, 9.17) is 0 Å². The van der Waals surface area contributed by atoms with Crippen molar-refractivity contribution in [2.24, 2.45) is 0 Å². The van der Waals surface area contributed by atoms with Gasteiger partial charge in [-0.05, 0) is 61.1 Å². The van der Waals surface area contributed by atoms with E-state index in [9.17, 15) is 0 Å². The van der Waals surface area contributed by atoms with Crippen molar-refractivity contribution in [2.75, 3.05) is 0 Å². The van der Waals surface area contributed by atoms with Gasteiger partial charge in [0, 0.05) is 0 Å². The predicted molar refractivity (Wildman–Crippen MR) is 225 cm³/mol. The van der Waals surface area contributed by atoms with Gasteiger partial charge in [-0.25, -0.2) is 0 Å². The van der Waals surface area contributed by atoms with Crippen molar-refractivity contribution in [3.8, 4) is 22.3 Å². The summed E-state index contributed by atoms with van der Waals surface area (Å²) in [7, 11) is -2.12. The third kappa shape index (κ3) is 8.29. The smallest absolute Gasteiger partial charge is 0.358 e. The van der Waals surface area contributed by atoms with E-state index >= 15 is 0 Å². The Labute approximate surface area is 325 Å². The van der Waals surface area contributed by atoms with Gasteiger partial charge in [0.1, 0.15) is 0 Å². The van der Waals surface area contributed by atoms with Crippen molar-refractivity contribution in [2.45, 2.75) is 105 Å². The van der Waals surface area contributed by atoms with Gasteiger partial charge in [-0.3, -0.25) is 0 Å².